The molecule has 0 aliphatic heterocycles. The molecule has 0 fully saturated rings. The lowest BCUT2D eigenvalue weighted by molar-refractivity contribution is -0.778. The highest BCUT2D eigenvalue weighted by molar-refractivity contribution is 5.74. The lowest BCUT2D eigenvalue weighted by atomic mass is 10.1. The van der Waals surface area contributed by atoms with Crippen molar-refractivity contribution in [3.8, 4) is 0 Å². The van der Waals surface area contributed by atoms with Crippen molar-refractivity contribution in [1.29, 1.82) is 0 Å². The van der Waals surface area contributed by atoms with Crippen LogP contribution < -0.4 is 0 Å². The van der Waals surface area contributed by atoms with Crippen molar-refractivity contribution in [2.75, 3.05) is 0 Å². The molecule has 0 aromatic rings. The van der Waals surface area contributed by atoms with Crippen LogP contribution in [0.25, 0.3) is 0 Å². The molecule has 0 aromatic carbocycles. The van der Waals surface area contributed by atoms with Crippen LogP contribution in [-0.2, 0) is 4.79 Å². The Balaban J connectivity index is 5.18. The molecule has 13 heavy (non-hydrogen) atoms. The standard InChI is InChI=1S/C5H8N2O6/c1-2-3-5(4(8)9,6(10)11)7(12)13/h2-3H2,1H3,(H,8,9). The fourth-order valence-electron chi connectivity index (χ4n) is 0.861. The summed E-state index contributed by atoms with van der Waals surface area (Å²) in [5.41, 5.74) is -3.09. The zero-order valence-electron chi connectivity index (χ0n) is 6.80. The number of hydrogen-bond acceptors (Lipinski definition) is 5. The minimum atomic E-state index is -3.09. The minimum absolute atomic E-state index is 0.0499. The van der Waals surface area contributed by atoms with Gasteiger partial charge in [0.15, 0.2) is 0 Å². The molecule has 0 atom stereocenters. The molecule has 8 nitrogen and oxygen atoms in total. The zero-order valence-corrected chi connectivity index (χ0v) is 6.80. The van der Waals surface area contributed by atoms with E-state index in [1.165, 1.54) is 6.92 Å². The highest BCUT2D eigenvalue weighted by atomic mass is 16.7. The first-order valence-corrected chi connectivity index (χ1v) is 3.42. The summed E-state index contributed by atoms with van der Waals surface area (Å²) in [7, 11) is 0. The maximum atomic E-state index is 10.4. The van der Waals surface area contributed by atoms with Gasteiger partial charge in [-0.25, -0.2) is 4.79 Å². The Kier molecular flexibility index (Phi) is 3.28. The van der Waals surface area contributed by atoms with Crippen LogP contribution in [0.1, 0.15) is 19.8 Å². The minimum Gasteiger partial charge on any atom is -0.470 e. The van der Waals surface area contributed by atoms with Crippen LogP contribution in [0.15, 0.2) is 0 Å². The molecular weight excluding hydrogens is 184 g/mol. The van der Waals surface area contributed by atoms with E-state index in [-0.39, 0.29) is 6.42 Å². The van der Waals surface area contributed by atoms with Crippen molar-refractivity contribution in [2.24, 2.45) is 0 Å². The highest BCUT2D eigenvalue weighted by Gasteiger charge is 2.63. The molecule has 1 N–H and O–H groups in total. The van der Waals surface area contributed by atoms with Crippen LogP contribution in [-0.4, -0.2) is 26.6 Å². The Hall–Kier alpha value is -1.73. The third-order valence-electron chi connectivity index (χ3n) is 1.55. The number of rotatable bonds is 5. The summed E-state index contributed by atoms with van der Waals surface area (Å²) in [4.78, 5) is 28.2. The van der Waals surface area contributed by atoms with E-state index in [1.807, 2.05) is 0 Å². The molecule has 8 heteroatoms. The van der Waals surface area contributed by atoms with E-state index in [1.54, 1.807) is 0 Å². The molecule has 0 bridgehead atoms. The van der Waals surface area contributed by atoms with E-state index < -0.39 is 27.9 Å². The number of nitro groups is 2. The monoisotopic (exact) mass is 192 g/mol. The van der Waals surface area contributed by atoms with E-state index in [0.717, 1.165) is 0 Å². The van der Waals surface area contributed by atoms with Crippen LogP contribution in [0.4, 0.5) is 0 Å². The van der Waals surface area contributed by atoms with Crippen molar-refractivity contribution in [2.45, 2.75) is 25.4 Å². The van der Waals surface area contributed by atoms with Gasteiger partial charge in [0.05, 0.1) is 0 Å². The van der Waals surface area contributed by atoms with Gasteiger partial charge in [-0.15, -0.1) is 0 Å². The average molecular weight is 192 g/mol. The van der Waals surface area contributed by atoms with Crippen LogP contribution in [0, 0.1) is 20.2 Å². The summed E-state index contributed by atoms with van der Waals surface area (Å²) < 4.78 is 0. The normalized spacial score (nSPS) is 10.8. The topological polar surface area (TPSA) is 124 Å². The van der Waals surface area contributed by atoms with Crippen molar-refractivity contribution in [3.05, 3.63) is 20.2 Å². The number of hydrogen-bond donors (Lipinski definition) is 1. The number of carbonyl (C=O) groups is 1. The first-order valence-electron chi connectivity index (χ1n) is 3.42. The molecule has 0 aromatic heterocycles. The Morgan fingerprint density at radius 3 is 1.85 bits per heavy atom. The third-order valence-corrected chi connectivity index (χ3v) is 1.55. The predicted octanol–water partition coefficient (Wildman–Crippen LogP) is 0.121. The maximum absolute atomic E-state index is 10.4. The van der Waals surface area contributed by atoms with Crippen molar-refractivity contribution >= 4 is 5.97 Å². The molecule has 0 saturated heterocycles. The maximum Gasteiger partial charge on any atom is 0.552 e. The van der Waals surface area contributed by atoms with E-state index in [2.05, 4.69) is 0 Å². The lowest BCUT2D eigenvalue weighted by Gasteiger charge is -2.10. The quantitative estimate of drug-likeness (QED) is 0.374. The lowest BCUT2D eigenvalue weighted by Crippen LogP contribution is -2.53. The smallest absolute Gasteiger partial charge is 0.470 e. The Morgan fingerprint density at radius 1 is 1.38 bits per heavy atom. The molecule has 0 aliphatic rings. The van der Waals surface area contributed by atoms with Gasteiger partial charge in [0.1, 0.15) is 16.3 Å². The van der Waals surface area contributed by atoms with Gasteiger partial charge in [-0.3, -0.25) is 20.2 Å². The second-order valence-electron chi connectivity index (χ2n) is 2.39. The van der Waals surface area contributed by atoms with Crippen LogP contribution >= 0.6 is 0 Å². The fraction of sp³-hybridized carbons (Fsp3) is 0.800. The summed E-state index contributed by atoms with van der Waals surface area (Å²) in [6, 6.07) is 0. The van der Waals surface area contributed by atoms with Crippen molar-refractivity contribution < 1.29 is 19.7 Å². The number of carboxylic acids is 1. The van der Waals surface area contributed by atoms with Crippen LogP contribution in [0.2, 0.25) is 0 Å². The Bertz CT molecular complexity index is 213. The summed E-state index contributed by atoms with van der Waals surface area (Å²) in [5.74, 6) is -2.04. The second-order valence-corrected chi connectivity index (χ2v) is 2.39. The highest BCUT2D eigenvalue weighted by Crippen LogP contribution is 2.18. The van der Waals surface area contributed by atoms with Gasteiger partial charge < -0.3 is 5.11 Å². The summed E-state index contributed by atoms with van der Waals surface area (Å²) in [6.45, 7) is 1.44. The number of nitrogens with zero attached hydrogens (tertiary/aromatic N) is 2. The molecule has 0 spiro atoms. The molecule has 0 radical (unpaired) electrons. The molecule has 0 unspecified atom stereocenters. The summed E-state index contributed by atoms with van der Waals surface area (Å²) >= 11 is 0. The largest absolute Gasteiger partial charge is 0.552 e. The van der Waals surface area contributed by atoms with Gasteiger partial charge in [0, 0.05) is 0 Å². The third kappa shape index (κ3) is 1.71. The van der Waals surface area contributed by atoms with Gasteiger partial charge in [-0.2, -0.15) is 0 Å². The van der Waals surface area contributed by atoms with E-state index in [9.17, 15) is 25.0 Å². The van der Waals surface area contributed by atoms with Gasteiger partial charge in [0.25, 0.3) is 0 Å². The second kappa shape index (κ2) is 3.78. The Labute approximate surface area is 72.5 Å². The predicted molar refractivity (Wildman–Crippen MR) is 39.3 cm³/mol. The fourth-order valence-corrected chi connectivity index (χ4v) is 0.861. The van der Waals surface area contributed by atoms with Crippen LogP contribution in [0.3, 0.4) is 0 Å². The molecular formula is C5H8N2O6. The van der Waals surface area contributed by atoms with Crippen LogP contribution in [0.5, 0.6) is 0 Å². The molecule has 0 aliphatic carbocycles. The zero-order chi connectivity index (χ0) is 10.6. The first-order chi connectivity index (χ1) is 5.89. The number of carboxylic acid groups (broad SMARTS) is 1. The molecule has 0 heterocycles. The van der Waals surface area contributed by atoms with Gasteiger partial charge in [0.2, 0.25) is 0 Å². The van der Waals surface area contributed by atoms with Gasteiger partial charge >= 0.3 is 11.6 Å². The van der Waals surface area contributed by atoms with E-state index in [0.29, 0.717) is 0 Å². The molecule has 0 amide bonds. The van der Waals surface area contributed by atoms with Gasteiger partial charge in [-0.05, 0) is 6.42 Å². The molecule has 0 saturated carbocycles. The van der Waals surface area contributed by atoms with Crippen molar-refractivity contribution in [3.63, 3.8) is 0 Å². The van der Waals surface area contributed by atoms with E-state index in [4.69, 9.17) is 5.11 Å². The number of aliphatic carboxylic acids is 1. The molecule has 74 valence electrons. The van der Waals surface area contributed by atoms with Crippen molar-refractivity contribution in [1.82, 2.24) is 0 Å². The van der Waals surface area contributed by atoms with Gasteiger partial charge in [-0.1, -0.05) is 6.92 Å². The summed E-state index contributed by atoms with van der Waals surface area (Å²) in [5, 5.41) is 29.0. The summed E-state index contributed by atoms with van der Waals surface area (Å²) in [6.07, 6.45) is -0.573. The molecule has 0 rings (SSSR count). The SMILES string of the molecule is CCCC(C(=O)O)([N+](=O)[O-])[N+](=O)[O-]. The average Bonchev–Trinajstić information content (AvgIpc) is 1.97. The first kappa shape index (κ1) is 11.3. The Morgan fingerprint density at radius 2 is 1.77 bits per heavy atom. The van der Waals surface area contributed by atoms with E-state index >= 15 is 0 Å².